The zero-order valence-electron chi connectivity index (χ0n) is 8.11. The van der Waals surface area contributed by atoms with Gasteiger partial charge in [-0.1, -0.05) is 0 Å². The molecule has 4 nitrogen and oxygen atoms in total. The minimum Gasteiger partial charge on any atom is -1.00 e. The Labute approximate surface area is 147 Å². The van der Waals surface area contributed by atoms with E-state index in [2.05, 4.69) is 0 Å². The minimum atomic E-state index is -4.61. The molecule has 0 radical (unpaired) electrons. The summed E-state index contributed by atoms with van der Waals surface area (Å²) in [6, 6.07) is 0. The summed E-state index contributed by atoms with van der Waals surface area (Å²) in [7, 11) is -4.61. The average Bonchev–Trinajstić information content (AvgIpc) is 0.722. The fraction of sp³-hybridized carbons (Fsp3) is 0. The number of hydrogen-bond donors (Lipinski definition) is 4. The van der Waals surface area contributed by atoms with Gasteiger partial charge in [-0.25, -0.2) is 0 Å². The summed E-state index contributed by atoms with van der Waals surface area (Å²) in [5.74, 6) is 0. The Morgan fingerprint density at radius 3 is 1.00 bits per heavy atom. The Balaban J connectivity index is -0.00000000222. The molecule has 0 rings (SSSR count). The summed E-state index contributed by atoms with van der Waals surface area (Å²) in [6.45, 7) is 0. The Morgan fingerprint density at radius 2 is 1.00 bits per heavy atom. The van der Waals surface area contributed by atoms with E-state index in [0.717, 1.165) is 0 Å². The van der Waals surface area contributed by atoms with Gasteiger partial charge in [0.25, 0.3) is 0 Å². The van der Waals surface area contributed by atoms with Gasteiger partial charge in [0.2, 0.25) is 0 Å². The molecule has 10 heteroatoms. The van der Waals surface area contributed by atoms with Crippen LogP contribution in [0.2, 0.25) is 0 Å². The molecule has 0 bridgehead atoms. The van der Waals surface area contributed by atoms with Gasteiger partial charge in [0.1, 0.15) is 0 Å². The molecule has 0 fully saturated rings. The van der Waals surface area contributed by atoms with Gasteiger partial charge < -0.3 is 24.9 Å². The standard InChI is InChI=1S/Al.Ca.FH.H4O4Si.H4Si.Sr.7H/c;;;1-5(2,3)4;;;;;;;;;/h;;1H;1-4H;1H4;;;;;;;;/q;+2;;;;+2;;;;4*-1. The van der Waals surface area contributed by atoms with Gasteiger partial charge in [-0.2, -0.15) is 0 Å². The van der Waals surface area contributed by atoms with Crippen LogP contribution in [0.1, 0.15) is 5.71 Å². The van der Waals surface area contributed by atoms with Crippen molar-refractivity contribution in [2.75, 3.05) is 0 Å². The van der Waals surface area contributed by atoms with E-state index in [1.165, 1.54) is 0 Å². The van der Waals surface area contributed by atoms with Gasteiger partial charge in [0.15, 0.2) is 17.4 Å². The molecule has 0 aliphatic heterocycles. The topological polar surface area (TPSA) is 80.9 Å². The fourth-order valence-electron chi connectivity index (χ4n) is 0. The second-order valence-corrected chi connectivity index (χ2v) is 1.80. The molecule has 0 aromatic carbocycles. The molecule has 0 saturated heterocycles. The van der Waals surface area contributed by atoms with E-state index < -0.39 is 9.05 Å². The molecule has 0 spiro atoms. The largest absolute Gasteiger partial charge is 2.00 e. The van der Waals surface area contributed by atoms with Crippen LogP contribution in [0, 0.1) is 0 Å². The van der Waals surface area contributed by atoms with Crippen LogP contribution >= 0.6 is 0 Å². The molecule has 10 heavy (non-hydrogen) atoms. The van der Waals surface area contributed by atoms with Crippen LogP contribution in [0.3, 0.4) is 0 Å². The van der Waals surface area contributed by atoms with Crippen LogP contribution in [0.5, 0.6) is 0 Å². The van der Waals surface area contributed by atoms with E-state index in [1.54, 1.807) is 0 Å². The van der Waals surface area contributed by atoms with Crippen molar-refractivity contribution in [3.8, 4) is 0 Å². The maximum absolute atomic E-state index is 7.33. The maximum Gasteiger partial charge on any atom is 2.00 e. The van der Waals surface area contributed by atoms with E-state index in [1.807, 2.05) is 0 Å². The average molecular weight is 310 g/mol. The Kier molecular flexibility index (Phi) is 68.7. The molecule has 0 aliphatic rings. The maximum atomic E-state index is 7.33. The molecule has 0 aliphatic carbocycles. The molecule has 0 heterocycles. The minimum absolute atomic E-state index is 0. The van der Waals surface area contributed by atoms with Gasteiger partial charge in [-0.3, -0.25) is 4.70 Å². The third-order valence-corrected chi connectivity index (χ3v) is 0. The van der Waals surface area contributed by atoms with E-state index in [4.69, 9.17) is 19.2 Å². The van der Waals surface area contributed by atoms with Crippen LogP contribution in [-0.2, 0) is 0 Å². The van der Waals surface area contributed by atoms with Crippen molar-refractivity contribution >= 4 is 121 Å². The summed E-state index contributed by atoms with van der Waals surface area (Å²) >= 11 is 0. The quantitative estimate of drug-likeness (QED) is 0.337. The van der Waals surface area contributed by atoms with Gasteiger partial charge in [-0.15, -0.1) is 0 Å². The second kappa shape index (κ2) is 18.3. The fourth-order valence-corrected chi connectivity index (χ4v) is 0. The first-order chi connectivity index (χ1) is 2.00. The van der Waals surface area contributed by atoms with E-state index >= 15 is 0 Å². The molecular formula is H16AlCaFO4Si2Sr. The van der Waals surface area contributed by atoms with Crippen LogP contribution < -0.4 is 0 Å². The van der Waals surface area contributed by atoms with Crippen molar-refractivity contribution < 1.29 is 29.6 Å². The molecule has 4 N–H and O–H groups in total. The molecular weight excluding hydrogens is 294 g/mol. The molecule has 0 unspecified atom stereocenters. The monoisotopic (exact) mass is 310 g/mol. The van der Waals surface area contributed by atoms with Crippen molar-refractivity contribution in [3.63, 3.8) is 0 Å². The Hall–Kier alpha value is 3.48. The Morgan fingerprint density at radius 1 is 1.00 bits per heavy atom. The number of rotatable bonds is 0. The van der Waals surface area contributed by atoms with Gasteiger partial charge in [0.05, 0.1) is 0 Å². The predicted octanol–water partition coefficient (Wildman–Crippen LogP) is -5.40. The van der Waals surface area contributed by atoms with Crippen molar-refractivity contribution in [2.24, 2.45) is 0 Å². The molecule has 0 aromatic heterocycles. The molecule has 0 saturated carbocycles. The first kappa shape index (κ1) is 37.5. The molecule has 62 valence electrons. The third-order valence-electron chi connectivity index (χ3n) is 0. The number of halogens is 1. The van der Waals surface area contributed by atoms with Gasteiger partial charge in [-0.05, 0) is 11.0 Å². The summed E-state index contributed by atoms with van der Waals surface area (Å²) in [6.07, 6.45) is 0. The molecule has 0 amide bonds. The van der Waals surface area contributed by atoms with E-state index in [-0.39, 0.29) is 122 Å². The SMILES string of the molecule is F.O[Si](O)(O)O.[AlH3].[Ca+2].[H-].[H-].[H-].[H-].[SiH4].[Sr+2]. The van der Waals surface area contributed by atoms with Crippen molar-refractivity contribution in [1.82, 2.24) is 0 Å². The zero-order valence-corrected chi connectivity index (χ0v) is 10.8. The second-order valence-electron chi connectivity index (χ2n) is 0.600. The van der Waals surface area contributed by atoms with E-state index in [0.29, 0.717) is 0 Å². The summed E-state index contributed by atoms with van der Waals surface area (Å²) in [5, 5.41) is 0. The summed E-state index contributed by atoms with van der Waals surface area (Å²) in [5.41, 5.74) is 0. The zero-order chi connectivity index (χ0) is 4.50. The van der Waals surface area contributed by atoms with Crippen LogP contribution in [0.25, 0.3) is 0 Å². The van der Waals surface area contributed by atoms with Crippen LogP contribution in [0.15, 0.2) is 0 Å². The summed E-state index contributed by atoms with van der Waals surface area (Å²) in [4.78, 5) is 29.3. The van der Waals surface area contributed by atoms with Gasteiger partial charge >= 0.3 is 92.3 Å². The molecule has 0 atom stereocenters. The molecule has 0 aromatic rings. The summed E-state index contributed by atoms with van der Waals surface area (Å²) < 4.78 is 0. The van der Waals surface area contributed by atoms with Crippen molar-refractivity contribution in [3.05, 3.63) is 0 Å². The number of hydrogen-bond acceptors (Lipinski definition) is 4. The van der Waals surface area contributed by atoms with Crippen LogP contribution in [-0.4, -0.2) is 140 Å². The van der Waals surface area contributed by atoms with Crippen molar-refractivity contribution in [1.29, 1.82) is 0 Å². The first-order valence-corrected chi connectivity index (χ1v) is 2.68. The Bertz CT molecular complexity index is 50.8. The third kappa shape index (κ3) is 104. The smallest absolute Gasteiger partial charge is 1.00 e. The van der Waals surface area contributed by atoms with E-state index in [9.17, 15) is 0 Å². The predicted molar refractivity (Wildman–Crippen MR) is 54.4 cm³/mol. The van der Waals surface area contributed by atoms with Crippen LogP contribution in [0.4, 0.5) is 4.70 Å². The normalized spacial score (nSPS) is 6.00. The van der Waals surface area contributed by atoms with Gasteiger partial charge in [0, 0.05) is 0 Å². The first-order valence-electron chi connectivity index (χ1n) is 0.894. The van der Waals surface area contributed by atoms with Crippen molar-refractivity contribution in [2.45, 2.75) is 0 Å².